The first-order valence-electron chi connectivity index (χ1n) is 13.2. The van der Waals surface area contributed by atoms with Gasteiger partial charge in [0.2, 0.25) is 5.91 Å². The van der Waals surface area contributed by atoms with Crippen LogP contribution in [-0.4, -0.2) is 60.1 Å². The third-order valence-corrected chi connectivity index (χ3v) is 10.5. The predicted octanol–water partition coefficient (Wildman–Crippen LogP) is 3.57. The zero-order valence-electron chi connectivity index (χ0n) is 19.3. The number of nitrogens with one attached hydrogen (secondary N) is 2. The SMILES string of the molecule is O=C1NC2C3CCCC4C3C(CCC4N3CCSCC3)C2C1NCCCc1ccccc1. The van der Waals surface area contributed by atoms with Crippen LogP contribution < -0.4 is 10.6 Å². The van der Waals surface area contributed by atoms with Gasteiger partial charge in [-0.2, -0.15) is 11.8 Å². The molecule has 174 valence electrons. The minimum absolute atomic E-state index is 0.0370. The summed E-state index contributed by atoms with van der Waals surface area (Å²) in [6.45, 7) is 3.53. The van der Waals surface area contributed by atoms with Gasteiger partial charge in [-0.3, -0.25) is 9.69 Å². The fourth-order valence-electron chi connectivity index (χ4n) is 8.44. The van der Waals surface area contributed by atoms with Gasteiger partial charge in [0.05, 0.1) is 6.04 Å². The molecule has 1 amide bonds. The zero-order chi connectivity index (χ0) is 21.5. The molecule has 5 fully saturated rings. The molecule has 0 aromatic heterocycles. The van der Waals surface area contributed by atoms with Crippen LogP contribution in [0, 0.1) is 29.6 Å². The van der Waals surface area contributed by atoms with Gasteiger partial charge in [-0.15, -0.1) is 0 Å². The normalized spacial score (nSPS) is 41.2. The molecule has 1 aromatic rings. The molecule has 6 rings (SSSR count). The minimum atomic E-state index is 0.0370. The van der Waals surface area contributed by atoms with E-state index in [4.69, 9.17) is 0 Å². The zero-order valence-corrected chi connectivity index (χ0v) is 20.1. The molecule has 8 atom stereocenters. The van der Waals surface area contributed by atoms with Crippen molar-refractivity contribution >= 4 is 17.7 Å². The summed E-state index contributed by atoms with van der Waals surface area (Å²) in [6, 6.07) is 12.0. The molecular weight excluding hydrogens is 414 g/mol. The Morgan fingerprint density at radius 1 is 0.969 bits per heavy atom. The number of carbonyl (C=O) groups excluding carboxylic acids is 1. The summed E-state index contributed by atoms with van der Waals surface area (Å²) in [5, 5.41) is 7.25. The Morgan fingerprint density at radius 3 is 2.62 bits per heavy atom. The summed E-state index contributed by atoms with van der Waals surface area (Å²) in [6.07, 6.45) is 9.01. The van der Waals surface area contributed by atoms with E-state index in [9.17, 15) is 4.79 Å². The molecule has 0 spiro atoms. The molecule has 0 bridgehead atoms. The highest BCUT2D eigenvalue weighted by Crippen LogP contribution is 2.59. The van der Waals surface area contributed by atoms with Crippen molar-refractivity contribution in [3.63, 3.8) is 0 Å². The van der Waals surface area contributed by atoms with Crippen LogP contribution >= 0.6 is 11.8 Å². The van der Waals surface area contributed by atoms with Crippen molar-refractivity contribution in [1.29, 1.82) is 0 Å². The van der Waals surface area contributed by atoms with E-state index in [-0.39, 0.29) is 11.9 Å². The van der Waals surface area contributed by atoms with Crippen molar-refractivity contribution in [2.75, 3.05) is 31.1 Å². The number of fused-ring (bicyclic) bond motifs is 3. The highest BCUT2D eigenvalue weighted by atomic mass is 32.2. The van der Waals surface area contributed by atoms with E-state index in [1.807, 2.05) is 0 Å². The average Bonchev–Trinajstić information content (AvgIpc) is 3.33. The Balaban J connectivity index is 1.13. The fourth-order valence-corrected chi connectivity index (χ4v) is 9.37. The van der Waals surface area contributed by atoms with Crippen molar-refractivity contribution in [2.45, 2.75) is 63.1 Å². The van der Waals surface area contributed by atoms with E-state index < -0.39 is 0 Å². The first-order chi connectivity index (χ1) is 15.8. The van der Waals surface area contributed by atoms with Crippen LogP contribution in [0.5, 0.6) is 0 Å². The number of nitrogens with zero attached hydrogens (tertiary/aromatic N) is 1. The maximum atomic E-state index is 13.0. The van der Waals surface area contributed by atoms with Crippen LogP contribution in [0.2, 0.25) is 0 Å². The average molecular weight is 454 g/mol. The summed E-state index contributed by atoms with van der Waals surface area (Å²) >= 11 is 2.13. The topological polar surface area (TPSA) is 44.4 Å². The number of hydrogen-bond donors (Lipinski definition) is 2. The van der Waals surface area contributed by atoms with Crippen molar-refractivity contribution < 1.29 is 4.79 Å². The van der Waals surface area contributed by atoms with E-state index in [1.165, 1.54) is 62.3 Å². The Hall–Kier alpha value is -1.04. The van der Waals surface area contributed by atoms with Gasteiger partial charge in [0.15, 0.2) is 0 Å². The van der Waals surface area contributed by atoms with Crippen LogP contribution in [0.15, 0.2) is 30.3 Å². The van der Waals surface area contributed by atoms with Crippen molar-refractivity contribution in [2.24, 2.45) is 29.6 Å². The molecule has 3 saturated carbocycles. The molecule has 8 unspecified atom stereocenters. The minimum Gasteiger partial charge on any atom is -0.351 e. The number of benzene rings is 1. The Bertz CT molecular complexity index is 797. The van der Waals surface area contributed by atoms with Crippen LogP contribution in [-0.2, 0) is 11.2 Å². The largest absolute Gasteiger partial charge is 0.351 e. The Morgan fingerprint density at radius 2 is 1.78 bits per heavy atom. The van der Waals surface area contributed by atoms with Crippen LogP contribution in [0.3, 0.4) is 0 Å². The fraction of sp³-hybridized carbons (Fsp3) is 0.741. The number of thioether (sulfide) groups is 1. The van der Waals surface area contributed by atoms with E-state index in [2.05, 4.69) is 57.6 Å². The third-order valence-electron chi connectivity index (χ3n) is 9.56. The first-order valence-corrected chi connectivity index (χ1v) is 14.4. The molecule has 5 heteroatoms. The molecule has 2 heterocycles. The molecule has 32 heavy (non-hydrogen) atoms. The lowest BCUT2D eigenvalue weighted by Gasteiger charge is -2.51. The molecule has 2 aliphatic heterocycles. The predicted molar refractivity (Wildman–Crippen MR) is 132 cm³/mol. The maximum absolute atomic E-state index is 13.0. The summed E-state index contributed by atoms with van der Waals surface area (Å²) in [4.78, 5) is 15.9. The molecule has 5 aliphatic rings. The molecule has 0 radical (unpaired) electrons. The van der Waals surface area contributed by atoms with Gasteiger partial charge in [-0.05, 0) is 74.3 Å². The van der Waals surface area contributed by atoms with Crippen molar-refractivity contribution in [3.8, 4) is 0 Å². The van der Waals surface area contributed by atoms with Gasteiger partial charge in [-0.25, -0.2) is 0 Å². The lowest BCUT2D eigenvalue weighted by Crippen LogP contribution is -2.54. The van der Waals surface area contributed by atoms with Crippen LogP contribution in [0.1, 0.15) is 44.1 Å². The number of amides is 1. The Kier molecular flexibility index (Phi) is 6.25. The summed E-state index contributed by atoms with van der Waals surface area (Å²) in [5.41, 5.74) is 1.40. The van der Waals surface area contributed by atoms with Gasteiger partial charge < -0.3 is 10.6 Å². The van der Waals surface area contributed by atoms with Gasteiger partial charge in [0.1, 0.15) is 0 Å². The lowest BCUT2D eigenvalue weighted by atomic mass is 9.61. The molecule has 2 saturated heterocycles. The second kappa shape index (κ2) is 9.31. The molecule has 4 nitrogen and oxygen atoms in total. The standard InChI is InChI=1S/C27H39N3OS/c31-27-26(28-13-5-8-18-6-2-1-3-7-18)24-20-11-12-22(30-14-16-32-17-15-30)19-9-4-10-21(23(19)20)25(24)29-27/h1-3,6-7,19-26,28H,4-5,8-17H2,(H,29,31). The quantitative estimate of drug-likeness (QED) is 0.647. The Labute approximate surface area is 197 Å². The second-order valence-corrected chi connectivity index (χ2v) is 12.2. The van der Waals surface area contributed by atoms with E-state index in [1.54, 1.807) is 0 Å². The van der Waals surface area contributed by atoms with Gasteiger partial charge in [0.25, 0.3) is 0 Å². The number of carbonyl (C=O) groups is 1. The van der Waals surface area contributed by atoms with Crippen LogP contribution in [0.4, 0.5) is 0 Å². The first kappa shape index (κ1) is 21.5. The van der Waals surface area contributed by atoms with E-state index >= 15 is 0 Å². The highest BCUT2D eigenvalue weighted by Gasteiger charge is 2.62. The van der Waals surface area contributed by atoms with E-state index in [0.29, 0.717) is 12.0 Å². The monoisotopic (exact) mass is 453 g/mol. The van der Waals surface area contributed by atoms with Crippen molar-refractivity contribution in [3.05, 3.63) is 35.9 Å². The van der Waals surface area contributed by atoms with Gasteiger partial charge in [0, 0.05) is 42.6 Å². The van der Waals surface area contributed by atoms with Crippen molar-refractivity contribution in [1.82, 2.24) is 15.5 Å². The molecular formula is C27H39N3OS. The van der Waals surface area contributed by atoms with E-state index in [0.717, 1.165) is 49.1 Å². The number of aryl methyl sites for hydroxylation is 1. The molecule has 2 N–H and O–H groups in total. The molecule has 1 aromatic carbocycles. The summed E-state index contributed by atoms with van der Waals surface area (Å²) < 4.78 is 0. The smallest absolute Gasteiger partial charge is 0.237 e. The maximum Gasteiger partial charge on any atom is 0.237 e. The van der Waals surface area contributed by atoms with Gasteiger partial charge in [-0.1, -0.05) is 36.8 Å². The lowest BCUT2D eigenvalue weighted by molar-refractivity contribution is -0.122. The number of rotatable bonds is 6. The third kappa shape index (κ3) is 3.82. The summed E-state index contributed by atoms with van der Waals surface area (Å²) in [5.74, 6) is 6.64. The highest BCUT2D eigenvalue weighted by molar-refractivity contribution is 7.99. The molecule has 3 aliphatic carbocycles. The second-order valence-electron chi connectivity index (χ2n) is 10.9. The number of hydrogen-bond acceptors (Lipinski definition) is 4. The van der Waals surface area contributed by atoms with Crippen LogP contribution in [0.25, 0.3) is 0 Å². The summed E-state index contributed by atoms with van der Waals surface area (Å²) in [7, 11) is 0. The van der Waals surface area contributed by atoms with Gasteiger partial charge >= 0.3 is 0 Å².